The minimum absolute atomic E-state index is 0.109. The summed E-state index contributed by atoms with van der Waals surface area (Å²) in [4.78, 5) is 29.4. The van der Waals surface area contributed by atoms with Crippen molar-refractivity contribution in [2.75, 3.05) is 5.32 Å². The molecule has 2 aromatic heterocycles. The molecule has 5 nitrogen and oxygen atoms in total. The number of hydrogen-bond acceptors (Lipinski definition) is 4. The topological polar surface area (TPSA) is 79.3 Å². The number of pyridine rings is 1. The van der Waals surface area contributed by atoms with Crippen molar-refractivity contribution >= 4 is 28.9 Å². The van der Waals surface area contributed by atoms with Crippen LogP contribution >= 0.6 is 11.3 Å². The van der Waals surface area contributed by atoms with Crippen LogP contribution in [0.15, 0.2) is 29.8 Å². The first-order chi connectivity index (χ1) is 11.5. The number of aliphatic carboxylic acids is 1. The third-order valence-electron chi connectivity index (χ3n) is 4.46. The predicted molar refractivity (Wildman–Crippen MR) is 94.0 cm³/mol. The highest BCUT2D eigenvalue weighted by Crippen LogP contribution is 2.32. The lowest BCUT2D eigenvalue weighted by molar-refractivity contribution is -0.143. The lowest BCUT2D eigenvalue weighted by atomic mass is 9.81. The van der Waals surface area contributed by atoms with Crippen LogP contribution in [-0.4, -0.2) is 22.0 Å². The number of thiophene rings is 1. The van der Waals surface area contributed by atoms with E-state index in [1.807, 2.05) is 24.4 Å². The molecule has 24 heavy (non-hydrogen) atoms. The Morgan fingerprint density at radius 2 is 2.12 bits per heavy atom. The lowest BCUT2D eigenvalue weighted by Gasteiger charge is -2.25. The van der Waals surface area contributed by atoms with Crippen LogP contribution in [-0.2, 0) is 9.59 Å². The first-order valence-corrected chi connectivity index (χ1v) is 8.96. The van der Waals surface area contributed by atoms with Gasteiger partial charge in [-0.05, 0) is 44.4 Å². The summed E-state index contributed by atoms with van der Waals surface area (Å²) in [6.07, 6.45) is 4.29. The molecule has 1 aliphatic rings. The lowest BCUT2D eigenvalue weighted by Crippen LogP contribution is -2.31. The number of carbonyl (C=O) groups is 2. The maximum absolute atomic E-state index is 12.6. The van der Waals surface area contributed by atoms with Crippen molar-refractivity contribution in [3.63, 3.8) is 0 Å². The van der Waals surface area contributed by atoms with Crippen molar-refractivity contribution in [2.24, 2.45) is 11.8 Å². The number of rotatable bonds is 4. The summed E-state index contributed by atoms with van der Waals surface area (Å²) in [7, 11) is 0. The normalized spacial score (nSPS) is 20.5. The highest BCUT2D eigenvalue weighted by Gasteiger charge is 2.31. The van der Waals surface area contributed by atoms with Gasteiger partial charge in [0, 0.05) is 27.9 Å². The Bertz CT molecular complexity index is 756. The fourth-order valence-electron chi connectivity index (χ4n) is 3.19. The highest BCUT2D eigenvalue weighted by atomic mass is 32.1. The van der Waals surface area contributed by atoms with E-state index in [0.29, 0.717) is 18.5 Å². The maximum atomic E-state index is 12.6. The Balaban J connectivity index is 1.76. The second kappa shape index (κ2) is 7.13. The zero-order valence-electron chi connectivity index (χ0n) is 13.5. The van der Waals surface area contributed by atoms with Crippen molar-refractivity contribution in [1.82, 2.24) is 4.98 Å². The third kappa shape index (κ3) is 3.64. The van der Waals surface area contributed by atoms with Crippen molar-refractivity contribution in [3.8, 4) is 11.3 Å². The molecule has 0 spiro atoms. The number of aromatic nitrogens is 1. The molecule has 0 aliphatic heterocycles. The molecule has 0 bridgehead atoms. The Kier molecular flexibility index (Phi) is 4.94. The van der Waals surface area contributed by atoms with Gasteiger partial charge in [-0.1, -0.05) is 6.42 Å². The van der Waals surface area contributed by atoms with Gasteiger partial charge in [0.05, 0.1) is 17.3 Å². The van der Waals surface area contributed by atoms with E-state index in [2.05, 4.69) is 10.3 Å². The molecule has 1 saturated carbocycles. The number of carbonyl (C=O) groups excluding carboxylic acids is 1. The Hall–Kier alpha value is -2.21. The molecule has 2 atom stereocenters. The van der Waals surface area contributed by atoms with Crippen molar-refractivity contribution in [1.29, 1.82) is 0 Å². The zero-order chi connectivity index (χ0) is 17.1. The molecule has 1 fully saturated rings. The minimum atomic E-state index is -0.802. The summed E-state index contributed by atoms with van der Waals surface area (Å²) in [5.74, 6) is -1.58. The van der Waals surface area contributed by atoms with E-state index >= 15 is 0 Å². The minimum Gasteiger partial charge on any atom is -0.481 e. The molecule has 1 aliphatic carbocycles. The Morgan fingerprint density at radius 1 is 1.33 bits per heavy atom. The molecule has 3 rings (SSSR count). The average Bonchev–Trinajstić information content (AvgIpc) is 3.01. The van der Waals surface area contributed by atoms with Gasteiger partial charge in [0.2, 0.25) is 5.91 Å². The van der Waals surface area contributed by atoms with E-state index in [4.69, 9.17) is 0 Å². The van der Waals surface area contributed by atoms with Crippen LogP contribution in [0.25, 0.3) is 11.3 Å². The largest absolute Gasteiger partial charge is 0.481 e. The first kappa shape index (κ1) is 16.6. The molecule has 0 saturated heterocycles. The Labute approximate surface area is 144 Å². The quantitative estimate of drug-likeness (QED) is 0.880. The van der Waals surface area contributed by atoms with Gasteiger partial charge in [-0.25, -0.2) is 0 Å². The standard InChI is InChI=1S/C18H20N2O3S/c1-11-8-14(10-24-11)16-15(6-3-7-19-16)20-17(21)12-4-2-5-13(9-12)18(22)23/h3,6-8,10,12-13H,2,4-5,9H2,1H3,(H,20,21)(H,22,23)/t12-,13+/m1/s1. The van der Waals surface area contributed by atoms with E-state index in [0.717, 1.165) is 24.1 Å². The van der Waals surface area contributed by atoms with Crippen LogP contribution in [0.3, 0.4) is 0 Å². The number of amides is 1. The maximum Gasteiger partial charge on any atom is 0.306 e. The van der Waals surface area contributed by atoms with Gasteiger partial charge in [0.15, 0.2) is 0 Å². The number of aryl methyl sites for hydroxylation is 1. The molecule has 0 radical (unpaired) electrons. The van der Waals surface area contributed by atoms with Crippen molar-refractivity contribution < 1.29 is 14.7 Å². The fourth-order valence-corrected chi connectivity index (χ4v) is 3.88. The first-order valence-electron chi connectivity index (χ1n) is 8.09. The van der Waals surface area contributed by atoms with Gasteiger partial charge in [-0.15, -0.1) is 11.3 Å². The molecule has 6 heteroatoms. The summed E-state index contributed by atoms with van der Waals surface area (Å²) in [6, 6.07) is 5.67. The molecule has 126 valence electrons. The SMILES string of the molecule is Cc1cc(-c2ncccc2NC(=O)[C@@H]2CCC[C@H](C(=O)O)C2)cs1. The zero-order valence-corrected chi connectivity index (χ0v) is 14.3. The van der Waals surface area contributed by atoms with Gasteiger partial charge < -0.3 is 10.4 Å². The average molecular weight is 344 g/mol. The molecule has 2 heterocycles. The second-order valence-electron chi connectivity index (χ2n) is 6.23. The van der Waals surface area contributed by atoms with Gasteiger partial charge in [0.1, 0.15) is 0 Å². The number of hydrogen-bond donors (Lipinski definition) is 2. The summed E-state index contributed by atoms with van der Waals surface area (Å²) < 4.78 is 0. The molecule has 0 unspecified atom stereocenters. The van der Waals surface area contributed by atoms with E-state index in [1.54, 1.807) is 23.6 Å². The van der Waals surface area contributed by atoms with Crippen LogP contribution in [0.4, 0.5) is 5.69 Å². The summed E-state index contributed by atoms with van der Waals surface area (Å²) in [6.45, 7) is 2.03. The molecule has 0 aromatic carbocycles. The number of anilines is 1. The highest BCUT2D eigenvalue weighted by molar-refractivity contribution is 7.10. The van der Waals surface area contributed by atoms with Gasteiger partial charge in [-0.3, -0.25) is 14.6 Å². The van der Waals surface area contributed by atoms with Crippen molar-refractivity contribution in [3.05, 3.63) is 34.7 Å². The molecular formula is C18H20N2O3S. The number of nitrogens with one attached hydrogen (secondary N) is 1. The van der Waals surface area contributed by atoms with E-state index in [1.165, 1.54) is 4.88 Å². The van der Waals surface area contributed by atoms with Gasteiger partial charge in [0.25, 0.3) is 0 Å². The van der Waals surface area contributed by atoms with Crippen LogP contribution in [0, 0.1) is 18.8 Å². The smallest absolute Gasteiger partial charge is 0.306 e. The summed E-state index contributed by atoms with van der Waals surface area (Å²) in [5, 5.41) is 14.2. The van der Waals surface area contributed by atoms with Crippen LogP contribution in [0.2, 0.25) is 0 Å². The number of carboxylic acids is 1. The van der Waals surface area contributed by atoms with E-state index in [-0.39, 0.29) is 11.8 Å². The molecular weight excluding hydrogens is 324 g/mol. The molecule has 2 aromatic rings. The molecule has 2 N–H and O–H groups in total. The number of nitrogens with zero attached hydrogens (tertiary/aromatic N) is 1. The van der Waals surface area contributed by atoms with E-state index < -0.39 is 11.9 Å². The van der Waals surface area contributed by atoms with Crippen LogP contribution in [0.5, 0.6) is 0 Å². The van der Waals surface area contributed by atoms with Crippen LogP contribution < -0.4 is 5.32 Å². The number of carboxylic acid groups (broad SMARTS) is 1. The molecule has 1 amide bonds. The predicted octanol–water partition coefficient (Wildman–Crippen LogP) is 3.95. The second-order valence-corrected chi connectivity index (χ2v) is 7.35. The van der Waals surface area contributed by atoms with Gasteiger partial charge >= 0.3 is 5.97 Å². The van der Waals surface area contributed by atoms with Crippen LogP contribution in [0.1, 0.15) is 30.6 Å². The summed E-state index contributed by atoms with van der Waals surface area (Å²) in [5.41, 5.74) is 2.42. The summed E-state index contributed by atoms with van der Waals surface area (Å²) >= 11 is 1.64. The Morgan fingerprint density at radius 3 is 2.83 bits per heavy atom. The third-order valence-corrected chi connectivity index (χ3v) is 5.33. The monoisotopic (exact) mass is 344 g/mol. The van der Waals surface area contributed by atoms with E-state index in [9.17, 15) is 14.7 Å². The van der Waals surface area contributed by atoms with Crippen molar-refractivity contribution in [2.45, 2.75) is 32.6 Å². The van der Waals surface area contributed by atoms with Gasteiger partial charge in [-0.2, -0.15) is 0 Å². The fraction of sp³-hybridized carbons (Fsp3) is 0.389.